The lowest BCUT2D eigenvalue weighted by atomic mass is 10.4. The van der Waals surface area contributed by atoms with Crippen molar-refractivity contribution in [2.24, 2.45) is 0 Å². The summed E-state index contributed by atoms with van der Waals surface area (Å²) in [5, 5.41) is 1.64. The first-order valence-corrected chi connectivity index (χ1v) is 11.7. The van der Waals surface area contributed by atoms with Crippen LogP contribution in [-0.2, 0) is 0 Å². The molecule has 0 radical (unpaired) electrons. The SMILES string of the molecule is C[Si]1(C)SCCP1c1ccccc1. The lowest BCUT2D eigenvalue weighted by molar-refractivity contribution is 1.56. The highest BCUT2D eigenvalue weighted by Crippen LogP contribution is 2.56. The van der Waals surface area contributed by atoms with E-state index in [2.05, 4.69) is 54.6 Å². The molecule has 1 aliphatic rings. The zero-order valence-corrected chi connectivity index (χ0v) is 10.9. The number of hydrogen-bond donors (Lipinski definition) is 0. The van der Waals surface area contributed by atoms with E-state index in [9.17, 15) is 0 Å². The molecule has 0 bridgehead atoms. The normalized spacial score (nSPS) is 26.2. The molecule has 1 aromatic rings. The Balaban J connectivity index is 2.27. The van der Waals surface area contributed by atoms with Crippen LogP contribution in [0, 0.1) is 0 Å². The topological polar surface area (TPSA) is 0 Å². The molecule has 1 heterocycles. The van der Waals surface area contributed by atoms with Gasteiger partial charge in [0.2, 0.25) is 0 Å². The predicted octanol–water partition coefficient (Wildman–Crippen LogP) is 3.24. The molecule has 1 aromatic carbocycles. The van der Waals surface area contributed by atoms with Gasteiger partial charge in [0.15, 0.2) is 0 Å². The molecular weight excluding hydrogens is 211 g/mol. The van der Waals surface area contributed by atoms with Gasteiger partial charge in [0.25, 0.3) is 0 Å². The monoisotopic (exact) mass is 226 g/mol. The standard InChI is InChI=1S/C10H15PSSi/c1-13(2)11(8-9-12-13)10-6-4-3-5-7-10/h3-7H,8-9H2,1-2H3. The Labute approximate surface area is 86.4 Å². The van der Waals surface area contributed by atoms with Crippen molar-refractivity contribution in [3.05, 3.63) is 30.3 Å². The molecule has 2 rings (SSSR count). The fraction of sp³-hybridized carbons (Fsp3) is 0.400. The van der Waals surface area contributed by atoms with E-state index in [1.54, 1.807) is 5.30 Å². The van der Waals surface area contributed by atoms with Crippen LogP contribution in [0.4, 0.5) is 0 Å². The van der Waals surface area contributed by atoms with Gasteiger partial charge < -0.3 is 0 Å². The smallest absolute Gasteiger partial charge is 0.141 e. The summed E-state index contributed by atoms with van der Waals surface area (Å²) in [4.78, 5) is 0. The van der Waals surface area contributed by atoms with Crippen molar-refractivity contribution in [1.82, 2.24) is 0 Å². The summed E-state index contributed by atoms with van der Waals surface area (Å²) < 4.78 is 0. The number of benzene rings is 1. The maximum absolute atomic E-state index is 2.53. The van der Waals surface area contributed by atoms with E-state index in [0.717, 1.165) is 0 Å². The summed E-state index contributed by atoms with van der Waals surface area (Å²) in [5.74, 6) is 1.40. The van der Waals surface area contributed by atoms with E-state index in [0.29, 0.717) is 0 Å². The van der Waals surface area contributed by atoms with E-state index < -0.39 is 6.89 Å². The Morgan fingerprint density at radius 1 is 1.23 bits per heavy atom. The molecule has 1 saturated heterocycles. The van der Waals surface area contributed by atoms with Crippen LogP contribution in [0.15, 0.2) is 30.3 Å². The molecule has 1 unspecified atom stereocenters. The number of hydrogen-bond acceptors (Lipinski definition) is 1. The summed E-state index contributed by atoms with van der Waals surface area (Å²) >= 11 is 2.27. The van der Waals surface area contributed by atoms with Crippen molar-refractivity contribution in [3.8, 4) is 0 Å². The minimum absolute atomic E-state index is 0.218. The third kappa shape index (κ3) is 2.01. The lowest BCUT2D eigenvalue weighted by Crippen LogP contribution is -2.20. The van der Waals surface area contributed by atoms with E-state index in [1.807, 2.05) is 0 Å². The first-order chi connectivity index (χ1) is 6.20. The maximum Gasteiger partial charge on any atom is 0.141 e. The summed E-state index contributed by atoms with van der Waals surface area (Å²) in [6.07, 6.45) is 1.46. The van der Waals surface area contributed by atoms with Crippen molar-refractivity contribution < 1.29 is 0 Å². The zero-order valence-electron chi connectivity index (χ0n) is 8.16. The first kappa shape index (κ1) is 9.76. The van der Waals surface area contributed by atoms with Gasteiger partial charge in [0, 0.05) is 0 Å². The van der Waals surface area contributed by atoms with Gasteiger partial charge in [-0.25, -0.2) is 0 Å². The predicted molar refractivity (Wildman–Crippen MR) is 67.8 cm³/mol. The van der Waals surface area contributed by atoms with Gasteiger partial charge in [-0.05, 0) is 17.2 Å². The second kappa shape index (κ2) is 3.76. The molecule has 0 nitrogen and oxygen atoms in total. The largest absolute Gasteiger partial charge is 0.179 e. The van der Waals surface area contributed by atoms with E-state index >= 15 is 0 Å². The van der Waals surface area contributed by atoms with Crippen molar-refractivity contribution in [2.45, 2.75) is 13.1 Å². The molecule has 13 heavy (non-hydrogen) atoms. The summed E-state index contributed by atoms with van der Waals surface area (Å²) in [6, 6.07) is 11.1. The molecule has 1 fully saturated rings. The molecule has 0 amide bonds. The minimum atomic E-state index is -0.929. The van der Waals surface area contributed by atoms with Gasteiger partial charge in [-0.3, -0.25) is 0 Å². The highest BCUT2D eigenvalue weighted by molar-refractivity contribution is 8.48. The van der Waals surface area contributed by atoms with Crippen molar-refractivity contribution in [2.75, 3.05) is 11.9 Å². The fourth-order valence-electron chi connectivity index (χ4n) is 1.78. The highest BCUT2D eigenvalue weighted by Gasteiger charge is 2.37. The Morgan fingerprint density at radius 3 is 2.46 bits per heavy atom. The average Bonchev–Trinajstić information content (AvgIpc) is 2.47. The van der Waals surface area contributed by atoms with Crippen molar-refractivity contribution in [1.29, 1.82) is 0 Å². The van der Waals surface area contributed by atoms with Crippen LogP contribution in [0.5, 0.6) is 0 Å². The average molecular weight is 226 g/mol. The van der Waals surface area contributed by atoms with Crippen LogP contribution in [0.1, 0.15) is 0 Å². The fourth-order valence-corrected chi connectivity index (χ4v) is 17.0. The summed E-state index contributed by atoms with van der Waals surface area (Å²) in [7, 11) is 0.218. The maximum atomic E-state index is 2.53. The third-order valence-electron chi connectivity index (χ3n) is 2.49. The zero-order chi connectivity index (χ0) is 9.31. The Morgan fingerprint density at radius 2 is 1.92 bits per heavy atom. The highest BCUT2D eigenvalue weighted by atomic mass is 32.4. The Bertz CT molecular complexity index is 286. The molecular formula is C10H15PSSi. The van der Waals surface area contributed by atoms with Crippen LogP contribution >= 0.6 is 18.7 Å². The Hall–Kier alpha value is 0.217. The van der Waals surface area contributed by atoms with Crippen LogP contribution in [0.25, 0.3) is 0 Å². The van der Waals surface area contributed by atoms with Crippen LogP contribution in [0.3, 0.4) is 0 Å². The molecule has 0 saturated carbocycles. The molecule has 1 aliphatic heterocycles. The van der Waals surface area contributed by atoms with Crippen LogP contribution < -0.4 is 5.30 Å². The van der Waals surface area contributed by atoms with Crippen molar-refractivity contribution in [3.63, 3.8) is 0 Å². The van der Waals surface area contributed by atoms with Gasteiger partial charge in [-0.15, -0.1) is 0 Å². The quantitative estimate of drug-likeness (QED) is 0.523. The summed E-state index contributed by atoms with van der Waals surface area (Å²) in [5.41, 5.74) is 0. The second-order valence-electron chi connectivity index (χ2n) is 3.78. The van der Waals surface area contributed by atoms with Gasteiger partial charge >= 0.3 is 0 Å². The molecule has 0 N–H and O–H groups in total. The van der Waals surface area contributed by atoms with Gasteiger partial charge in [0.1, 0.15) is 6.89 Å². The molecule has 3 heteroatoms. The van der Waals surface area contributed by atoms with Crippen molar-refractivity contribution >= 4 is 30.9 Å². The van der Waals surface area contributed by atoms with Gasteiger partial charge in [-0.2, -0.15) is 11.2 Å². The lowest BCUT2D eigenvalue weighted by Gasteiger charge is -2.24. The minimum Gasteiger partial charge on any atom is -0.179 e. The van der Waals surface area contributed by atoms with Gasteiger partial charge in [-0.1, -0.05) is 50.9 Å². The van der Waals surface area contributed by atoms with Crippen LogP contribution in [-0.4, -0.2) is 18.8 Å². The number of rotatable bonds is 1. The molecule has 1 atom stereocenters. The van der Waals surface area contributed by atoms with E-state index in [1.165, 1.54) is 11.9 Å². The third-order valence-corrected chi connectivity index (χ3v) is 18.0. The van der Waals surface area contributed by atoms with E-state index in [-0.39, 0.29) is 7.47 Å². The van der Waals surface area contributed by atoms with Crippen LogP contribution in [0.2, 0.25) is 13.1 Å². The molecule has 70 valence electrons. The molecule has 0 spiro atoms. The van der Waals surface area contributed by atoms with E-state index in [4.69, 9.17) is 0 Å². The Kier molecular flexibility index (Phi) is 2.82. The summed E-state index contributed by atoms with van der Waals surface area (Å²) in [6.45, 7) is 4.13. The molecule has 0 aromatic heterocycles. The van der Waals surface area contributed by atoms with Gasteiger partial charge in [0.05, 0.1) is 0 Å². The first-order valence-electron chi connectivity index (χ1n) is 4.67. The molecule has 0 aliphatic carbocycles. The second-order valence-corrected chi connectivity index (χ2v) is 19.0.